The second-order valence-corrected chi connectivity index (χ2v) is 4.69. The molecule has 0 aliphatic rings. The van der Waals surface area contributed by atoms with Gasteiger partial charge in [-0.05, 0) is 25.6 Å². The van der Waals surface area contributed by atoms with Crippen LogP contribution in [-0.2, 0) is 12.6 Å². The Labute approximate surface area is 120 Å². The molecular formula is C14H16F3N3O. The van der Waals surface area contributed by atoms with Crippen molar-refractivity contribution < 1.29 is 17.7 Å². The first-order valence-corrected chi connectivity index (χ1v) is 6.61. The fraction of sp³-hybridized carbons (Fsp3) is 0.429. The SMILES string of the molecule is CCC(Cc1nc(-c2cccc(C(F)(F)F)c2)no1)NC. The van der Waals surface area contributed by atoms with E-state index < -0.39 is 11.7 Å². The van der Waals surface area contributed by atoms with Crippen LogP contribution < -0.4 is 5.32 Å². The zero-order valence-electron chi connectivity index (χ0n) is 11.7. The molecule has 1 aromatic carbocycles. The Morgan fingerprint density at radius 2 is 2.10 bits per heavy atom. The Bertz CT molecular complexity index is 591. The molecule has 0 fully saturated rings. The smallest absolute Gasteiger partial charge is 0.339 e. The Morgan fingerprint density at radius 3 is 2.71 bits per heavy atom. The van der Waals surface area contributed by atoms with E-state index in [0.29, 0.717) is 12.3 Å². The van der Waals surface area contributed by atoms with Crippen molar-refractivity contribution in [2.45, 2.75) is 32.0 Å². The normalized spacial score (nSPS) is 13.4. The van der Waals surface area contributed by atoms with Gasteiger partial charge in [-0.15, -0.1) is 0 Å². The summed E-state index contributed by atoms with van der Waals surface area (Å²) in [5.74, 6) is 0.575. The third-order valence-corrected chi connectivity index (χ3v) is 3.24. The lowest BCUT2D eigenvalue weighted by atomic mass is 10.1. The highest BCUT2D eigenvalue weighted by molar-refractivity contribution is 5.55. The van der Waals surface area contributed by atoms with Gasteiger partial charge in [0.1, 0.15) is 0 Å². The number of hydrogen-bond donors (Lipinski definition) is 1. The number of hydrogen-bond acceptors (Lipinski definition) is 4. The molecule has 1 aromatic heterocycles. The van der Waals surface area contributed by atoms with Crippen LogP contribution in [0.1, 0.15) is 24.8 Å². The molecule has 0 bridgehead atoms. The maximum absolute atomic E-state index is 12.7. The molecule has 0 aliphatic carbocycles. The maximum Gasteiger partial charge on any atom is 0.416 e. The fourth-order valence-corrected chi connectivity index (χ4v) is 1.95. The van der Waals surface area contributed by atoms with E-state index in [1.54, 1.807) is 0 Å². The van der Waals surface area contributed by atoms with Crippen molar-refractivity contribution in [3.8, 4) is 11.4 Å². The molecule has 0 saturated carbocycles. The van der Waals surface area contributed by atoms with Crippen LogP contribution in [0.15, 0.2) is 28.8 Å². The van der Waals surface area contributed by atoms with Crippen LogP contribution in [0.3, 0.4) is 0 Å². The summed E-state index contributed by atoms with van der Waals surface area (Å²) < 4.78 is 43.1. The Morgan fingerprint density at radius 1 is 1.33 bits per heavy atom. The maximum atomic E-state index is 12.7. The minimum atomic E-state index is -4.39. The van der Waals surface area contributed by atoms with Gasteiger partial charge >= 0.3 is 6.18 Å². The molecule has 0 spiro atoms. The van der Waals surface area contributed by atoms with Crippen LogP contribution in [0.25, 0.3) is 11.4 Å². The van der Waals surface area contributed by atoms with Crippen molar-refractivity contribution in [2.24, 2.45) is 0 Å². The molecule has 0 radical (unpaired) electrons. The predicted molar refractivity (Wildman–Crippen MR) is 71.6 cm³/mol. The topological polar surface area (TPSA) is 51.0 Å². The molecule has 21 heavy (non-hydrogen) atoms. The van der Waals surface area contributed by atoms with E-state index in [1.807, 2.05) is 14.0 Å². The van der Waals surface area contributed by atoms with Gasteiger partial charge in [0.25, 0.3) is 0 Å². The summed E-state index contributed by atoms with van der Waals surface area (Å²) in [6, 6.07) is 5.08. The summed E-state index contributed by atoms with van der Waals surface area (Å²) in [5, 5.41) is 6.85. The van der Waals surface area contributed by atoms with E-state index in [4.69, 9.17) is 4.52 Å². The Balaban J connectivity index is 2.22. The standard InChI is InChI=1S/C14H16F3N3O/c1-3-11(18-2)8-12-19-13(20-21-12)9-5-4-6-10(7-9)14(15,16)17/h4-7,11,18H,3,8H2,1-2H3. The van der Waals surface area contributed by atoms with Gasteiger partial charge in [0, 0.05) is 18.0 Å². The van der Waals surface area contributed by atoms with Gasteiger partial charge in [0.15, 0.2) is 0 Å². The van der Waals surface area contributed by atoms with Crippen LogP contribution in [0, 0.1) is 0 Å². The molecule has 1 unspecified atom stereocenters. The van der Waals surface area contributed by atoms with E-state index in [9.17, 15) is 13.2 Å². The zero-order chi connectivity index (χ0) is 15.5. The first-order chi connectivity index (χ1) is 9.94. The molecule has 2 aromatic rings. The van der Waals surface area contributed by atoms with Gasteiger partial charge in [-0.25, -0.2) is 0 Å². The molecule has 114 valence electrons. The lowest BCUT2D eigenvalue weighted by Gasteiger charge is -2.09. The van der Waals surface area contributed by atoms with E-state index in [2.05, 4.69) is 15.5 Å². The van der Waals surface area contributed by atoms with E-state index in [1.165, 1.54) is 12.1 Å². The average molecular weight is 299 g/mol. The minimum absolute atomic E-state index is 0.169. The molecule has 2 rings (SSSR count). The van der Waals surface area contributed by atoms with Crippen molar-refractivity contribution >= 4 is 0 Å². The Kier molecular flexibility index (Phi) is 4.62. The summed E-state index contributed by atoms with van der Waals surface area (Å²) in [7, 11) is 1.83. The van der Waals surface area contributed by atoms with Crippen molar-refractivity contribution in [2.75, 3.05) is 7.05 Å². The van der Waals surface area contributed by atoms with E-state index in [-0.39, 0.29) is 17.4 Å². The van der Waals surface area contributed by atoms with Crippen LogP contribution in [0.5, 0.6) is 0 Å². The summed E-state index contributed by atoms with van der Waals surface area (Å²) in [6.45, 7) is 2.02. The first-order valence-electron chi connectivity index (χ1n) is 6.61. The molecular weight excluding hydrogens is 283 g/mol. The molecule has 0 saturated heterocycles. The second-order valence-electron chi connectivity index (χ2n) is 4.69. The van der Waals surface area contributed by atoms with Crippen LogP contribution in [0.4, 0.5) is 13.2 Å². The first kappa shape index (κ1) is 15.5. The van der Waals surface area contributed by atoms with Gasteiger partial charge in [0.05, 0.1) is 5.56 Å². The molecule has 7 heteroatoms. The number of halogens is 3. The van der Waals surface area contributed by atoms with Gasteiger partial charge in [0.2, 0.25) is 11.7 Å². The third-order valence-electron chi connectivity index (χ3n) is 3.24. The lowest BCUT2D eigenvalue weighted by Crippen LogP contribution is -2.26. The quantitative estimate of drug-likeness (QED) is 0.920. The summed E-state index contributed by atoms with van der Waals surface area (Å²) in [5.41, 5.74) is -0.439. The summed E-state index contributed by atoms with van der Waals surface area (Å²) >= 11 is 0. The monoisotopic (exact) mass is 299 g/mol. The zero-order valence-corrected chi connectivity index (χ0v) is 11.7. The van der Waals surface area contributed by atoms with Crippen molar-refractivity contribution in [3.05, 3.63) is 35.7 Å². The highest BCUT2D eigenvalue weighted by Gasteiger charge is 2.30. The van der Waals surface area contributed by atoms with Gasteiger partial charge in [-0.3, -0.25) is 0 Å². The third kappa shape index (κ3) is 3.81. The second kappa shape index (κ2) is 6.26. The average Bonchev–Trinajstić information content (AvgIpc) is 2.92. The number of likely N-dealkylation sites (N-methyl/N-ethyl adjacent to an activating group) is 1. The summed E-state index contributed by atoms with van der Waals surface area (Å²) in [6.07, 6.45) is -2.96. The molecule has 0 amide bonds. The Hall–Kier alpha value is -1.89. The lowest BCUT2D eigenvalue weighted by molar-refractivity contribution is -0.137. The predicted octanol–water partition coefficient (Wildman–Crippen LogP) is 3.30. The molecule has 0 aliphatic heterocycles. The molecule has 1 N–H and O–H groups in total. The number of nitrogens with zero attached hydrogens (tertiary/aromatic N) is 2. The van der Waals surface area contributed by atoms with Crippen molar-refractivity contribution in [1.82, 2.24) is 15.5 Å². The number of benzene rings is 1. The summed E-state index contributed by atoms with van der Waals surface area (Å²) in [4.78, 5) is 4.15. The minimum Gasteiger partial charge on any atom is -0.339 e. The van der Waals surface area contributed by atoms with Crippen molar-refractivity contribution in [1.29, 1.82) is 0 Å². The fourth-order valence-electron chi connectivity index (χ4n) is 1.95. The van der Waals surface area contributed by atoms with Crippen LogP contribution >= 0.6 is 0 Å². The molecule has 1 atom stereocenters. The van der Waals surface area contributed by atoms with Crippen molar-refractivity contribution in [3.63, 3.8) is 0 Å². The number of rotatable bonds is 5. The number of nitrogens with one attached hydrogen (secondary N) is 1. The van der Waals surface area contributed by atoms with Gasteiger partial charge < -0.3 is 9.84 Å². The van der Waals surface area contributed by atoms with Crippen LogP contribution in [0.2, 0.25) is 0 Å². The van der Waals surface area contributed by atoms with E-state index in [0.717, 1.165) is 18.6 Å². The molecule has 1 heterocycles. The van der Waals surface area contributed by atoms with Crippen LogP contribution in [-0.4, -0.2) is 23.2 Å². The molecule has 4 nitrogen and oxygen atoms in total. The van der Waals surface area contributed by atoms with E-state index >= 15 is 0 Å². The van der Waals surface area contributed by atoms with Gasteiger partial charge in [-0.2, -0.15) is 18.2 Å². The van der Waals surface area contributed by atoms with Gasteiger partial charge in [-0.1, -0.05) is 24.2 Å². The highest BCUT2D eigenvalue weighted by Crippen LogP contribution is 2.31. The largest absolute Gasteiger partial charge is 0.416 e. The number of aromatic nitrogens is 2. The highest BCUT2D eigenvalue weighted by atomic mass is 19.4. The number of alkyl halides is 3.